The predicted molar refractivity (Wildman–Crippen MR) is 413 cm³/mol. The minimum atomic E-state index is -1.89. The Morgan fingerprint density at radius 3 is 1.41 bits per heavy atom. The van der Waals surface area contributed by atoms with E-state index in [1.54, 1.807) is 74.5 Å². The molecule has 0 radical (unpaired) electrons. The lowest BCUT2D eigenvalue weighted by atomic mass is 9.99. The molecular formula is C79H98ClN15O16. The Morgan fingerprint density at radius 1 is 0.486 bits per heavy atom. The molecule has 1 aliphatic heterocycles. The van der Waals surface area contributed by atoms with Crippen LogP contribution in [-0.4, -0.2) is 189 Å². The minimum Gasteiger partial charge on any atom is -0.480 e. The molecule has 7 rings (SSSR count). The Bertz CT molecular complexity index is 4290. The molecule has 1 unspecified atom stereocenters. The van der Waals surface area contributed by atoms with E-state index in [9.17, 15) is 67.7 Å². The molecule has 1 fully saturated rings. The smallest absolute Gasteiger partial charge is 0.325 e. The number of carbonyl (C=O) groups excluding carboxylic acids is 13. The Morgan fingerprint density at radius 2 is 0.937 bits per heavy atom. The van der Waals surface area contributed by atoms with Crippen molar-refractivity contribution in [1.82, 2.24) is 68.4 Å². The lowest BCUT2D eigenvalue weighted by Gasteiger charge is -2.31. The zero-order chi connectivity index (χ0) is 81.0. The van der Waals surface area contributed by atoms with E-state index >= 15 is 9.59 Å². The van der Waals surface area contributed by atoms with Crippen molar-refractivity contribution in [1.29, 1.82) is 0 Å². The van der Waals surface area contributed by atoms with Crippen molar-refractivity contribution in [3.63, 3.8) is 0 Å². The molecule has 6 aromatic rings. The Hall–Kier alpha value is -11.7. The summed E-state index contributed by atoms with van der Waals surface area (Å²) >= 11 is 6.25. The fourth-order valence-corrected chi connectivity index (χ4v) is 12.4. The quantitative estimate of drug-likeness (QED) is 0.0246. The maximum atomic E-state index is 15.3. The highest BCUT2D eigenvalue weighted by Crippen LogP contribution is 2.22. The number of hydrogen-bond donors (Lipinski definition) is 15. The number of aliphatic hydroxyl groups is 1. The van der Waals surface area contributed by atoms with Gasteiger partial charge < -0.3 is 84.2 Å². The fraction of sp³-hybridized carbons (Fsp3) is 0.405. The van der Waals surface area contributed by atoms with Crippen molar-refractivity contribution in [2.75, 3.05) is 30.3 Å². The van der Waals surface area contributed by atoms with Crippen molar-refractivity contribution in [3.05, 3.63) is 173 Å². The third-order valence-corrected chi connectivity index (χ3v) is 18.1. The second-order valence-electron chi connectivity index (χ2n) is 28.0. The number of halogens is 1. The lowest BCUT2D eigenvalue weighted by molar-refractivity contribution is -0.146. The zero-order valence-corrected chi connectivity index (χ0v) is 63.8. The first-order valence-electron chi connectivity index (χ1n) is 36.5. The molecule has 5 aromatic carbocycles. The second kappa shape index (κ2) is 42.3. The SMILES string of the molecule is CC(=O)Nc1ccc(C[C@H](NC(=O)[C@H](CO)NC(=O)[C@@H](Cc2cccnc2)NC(=O)[C@@H](Cc2ccc(Cl)cc2)NC(=O)[C@@H](Cc2ccc3ccccc3c2)NC(C)=O)C(=O)N[C@H](Cc2ccc(NC(C)=O)cc2)C(=O)N[C@@H](CC(C)C)C(=O)NC(NC(=O)CCNC(C)C)C(=O)N2CCC[C@H]2C(=O)N[C@H](C)C(=O)O)cc1. The number of carboxylic acid groups (broad SMARTS) is 1. The van der Waals surface area contributed by atoms with E-state index in [0.717, 1.165) is 15.7 Å². The first-order chi connectivity index (χ1) is 52.8. The average molecular weight is 1550 g/mol. The Labute approximate surface area is 647 Å². The van der Waals surface area contributed by atoms with Gasteiger partial charge >= 0.3 is 5.97 Å². The van der Waals surface area contributed by atoms with Gasteiger partial charge in [0, 0.05) is 107 Å². The summed E-state index contributed by atoms with van der Waals surface area (Å²) in [4.78, 5) is 200. The highest BCUT2D eigenvalue weighted by molar-refractivity contribution is 6.30. The third-order valence-electron chi connectivity index (χ3n) is 17.9. The number of aliphatic hydroxyl groups excluding tert-OH is 1. The summed E-state index contributed by atoms with van der Waals surface area (Å²) in [5.41, 5.74) is 3.15. The van der Waals surface area contributed by atoms with Crippen molar-refractivity contribution in [3.8, 4) is 0 Å². The van der Waals surface area contributed by atoms with Crippen molar-refractivity contribution in [2.24, 2.45) is 5.92 Å². The highest BCUT2D eigenvalue weighted by Gasteiger charge is 2.41. The molecule has 0 spiro atoms. The molecule has 111 heavy (non-hydrogen) atoms. The molecule has 32 heteroatoms. The van der Waals surface area contributed by atoms with Gasteiger partial charge in [0.2, 0.25) is 70.9 Å². The van der Waals surface area contributed by atoms with Gasteiger partial charge in [-0.25, -0.2) is 0 Å². The van der Waals surface area contributed by atoms with Gasteiger partial charge in [0.1, 0.15) is 54.4 Å². The number of hydrogen-bond acceptors (Lipinski definition) is 17. The van der Waals surface area contributed by atoms with E-state index in [0.29, 0.717) is 50.6 Å². The van der Waals surface area contributed by atoms with Gasteiger partial charge in [0.25, 0.3) is 5.91 Å². The van der Waals surface area contributed by atoms with Crippen molar-refractivity contribution >= 4 is 117 Å². The number of rotatable bonds is 39. The number of benzene rings is 5. The van der Waals surface area contributed by atoms with Gasteiger partial charge in [-0.3, -0.25) is 72.1 Å². The van der Waals surface area contributed by atoms with Crippen LogP contribution in [0.25, 0.3) is 10.8 Å². The highest BCUT2D eigenvalue weighted by atomic mass is 35.5. The van der Waals surface area contributed by atoms with E-state index in [1.165, 1.54) is 64.4 Å². The standard InChI is InChI=1S/C79H98ClN15O16/c1-44(2)35-60(75(106)94-69(93-68(100)31-33-82-45(3)4)78(109)95-34-12-16-67(95)77(108)83-46(5)79(110)111)87-71(102)63(38-51-20-27-58(28-21-51)84-47(6)97)89-73(104)64(39-52-22-29-59(30-23-52)85-48(7)98)91-76(107)66(43-96)92-74(105)65(41-54-13-11-32-81-42-54)90-72(103)62(37-50-18-25-57(80)26-19-50)88-70(101)61(86-49(8)99)40-53-17-24-55-14-9-10-15-56(55)36-53/h9-11,13-15,17-30,32,36,42,44-46,60-67,69,82,96H,12,16,31,33-35,37-41,43H2,1-8H3,(H,83,108)(H,84,97)(H,85,98)(H,86,99)(H,87,102)(H,88,101)(H,89,104)(H,90,103)(H,91,107)(H,92,105)(H,93,100)(H,94,106)(H,110,111)/t46-,60+,61-,62-,63-,64+,65-,66+,67+,69?/m1/s1. The number of nitrogens with one attached hydrogen (secondary N) is 13. The van der Waals surface area contributed by atoms with E-state index in [-0.39, 0.29) is 82.3 Å². The Kier molecular flexibility index (Phi) is 33.0. The van der Waals surface area contributed by atoms with Gasteiger partial charge in [0.05, 0.1) is 6.61 Å². The number of aromatic nitrogens is 1. The molecule has 1 saturated heterocycles. The van der Waals surface area contributed by atoms with Crippen LogP contribution in [0.3, 0.4) is 0 Å². The van der Waals surface area contributed by atoms with Gasteiger partial charge in [-0.2, -0.15) is 0 Å². The maximum Gasteiger partial charge on any atom is 0.325 e. The normalized spacial score (nSPS) is 14.9. The van der Waals surface area contributed by atoms with Crippen LogP contribution in [0.4, 0.5) is 11.4 Å². The summed E-state index contributed by atoms with van der Waals surface area (Å²) in [7, 11) is 0. The fourth-order valence-electron chi connectivity index (χ4n) is 12.3. The molecule has 31 nitrogen and oxygen atoms in total. The minimum absolute atomic E-state index is 0.0154. The summed E-state index contributed by atoms with van der Waals surface area (Å²) in [5.74, 6) is -12.2. The van der Waals surface area contributed by atoms with Crippen molar-refractivity contribution < 1.29 is 77.3 Å². The molecule has 592 valence electrons. The summed E-state index contributed by atoms with van der Waals surface area (Å²) < 4.78 is 0. The first kappa shape index (κ1) is 86.5. The lowest BCUT2D eigenvalue weighted by Crippen LogP contribution is -2.63. The van der Waals surface area contributed by atoms with E-state index in [1.807, 2.05) is 56.3 Å². The molecule has 1 aliphatic rings. The maximum absolute atomic E-state index is 15.3. The van der Waals surface area contributed by atoms with E-state index < -0.39 is 144 Å². The molecule has 13 amide bonds. The summed E-state index contributed by atoms with van der Waals surface area (Å²) in [6.45, 7) is 11.3. The number of carbonyl (C=O) groups is 14. The third kappa shape index (κ3) is 28.0. The van der Waals surface area contributed by atoms with Crippen LogP contribution in [0.15, 0.2) is 140 Å². The number of anilines is 2. The number of pyridine rings is 1. The molecule has 10 atom stereocenters. The number of nitrogens with zero attached hydrogens (tertiary/aromatic N) is 2. The molecule has 0 bridgehead atoms. The molecule has 15 N–H and O–H groups in total. The predicted octanol–water partition coefficient (Wildman–Crippen LogP) is 2.30. The second-order valence-corrected chi connectivity index (χ2v) is 28.4. The largest absolute Gasteiger partial charge is 0.480 e. The first-order valence-corrected chi connectivity index (χ1v) is 36.9. The van der Waals surface area contributed by atoms with Gasteiger partial charge in [-0.05, 0) is 113 Å². The van der Waals surface area contributed by atoms with Gasteiger partial charge in [-0.1, -0.05) is 124 Å². The number of likely N-dealkylation sites (tertiary alicyclic amines) is 1. The topological polar surface area (TPSA) is 452 Å². The summed E-state index contributed by atoms with van der Waals surface area (Å²) in [6.07, 6.45) is 0.100. The van der Waals surface area contributed by atoms with Crippen LogP contribution in [-0.2, 0) is 99.2 Å². The van der Waals surface area contributed by atoms with Crippen LogP contribution in [0.5, 0.6) is 0 Å². The molecule has 1 aromatic heterocycles. The van der Waals surface area contributed by atoms with Crippen LogP contribution in [0.2, 0.25) is 5.02 Å². The molecule has 0 aliphatic carbocycles. The molecule has 0 saturated carbocycles. The average Bonchev–Trinajstić information content (AvgIpc) is 1.80. The van der Waals surface area contributed by atoms with Crippen LogP contribution in [0.1, 0.15) is 109 Å². The Balaban J connectivity index is 1.19. The van der Waals surface area contributed by atoms with Gasteiger partial charge in [-0.15, -0.1) is 0 Å². The van der Waals surface area contributed by atoms with Crippen LogP contribution in [0, 0.1) is 5.92 Å². The number of aliphatic carboxylic acids is 1. The summed E-state index contributed by atoms with van der Waals surface area (Å²) in [6, 6.07) is 21.6. The number of fused-ring (bicyclic) bond motifs is 1. The monoisotopic (exact) mass is 1550 g/mol. The van der Waals surface area contributed by atoms with E-state index in [4.69, 9.17) is 11.6 Å². The molecule has 2 heterocycles. The summed E-state index contributed by atoms with van der Waals surface area (Å²) in [5, 5.41) is 57.4. The zero-order valence-electron chi connectivity index (χ0n) is 63.1. The van der Waals surface area contributed by atoms with Crippen molar-refractivity contribution in [2.45, 2.75) is 180 Å². The van der Waals surface area contributed by atoms with Crippen LogP contribution >= 0.6 is 11.6 Å². The number of carboxylic acids is 1. The van der Waals surface area contributed by atoms with Gasteiger partial charge in [0.15, 0.2) is 6.17 Å². The van der Waals surface area contributed by atoms with E-state index in [2.05, 4.69) is 74.1 Å². The van der Waals surface area contributed by atoms with Crippen LogP contribution < -0.4 is 69.1 Å². The number of amides is 13. The molecular weight excluding hydrogens is 1450 g/mol.